The number of fused-ring (bicyclic) bond motifs is 9. The van der Waals surface area contributed by atoms with Crippen LogP contribution in [0.15, 0.2) is 182 Å². The monoisotopic (exact) mass is 955 g/mol. The molecule has 11 aromatic rings. The van der Waals surface area contributed by atoms with E-state index in [1.54, 1.807) is 0 Å². The molecule has 2 aliphatic rings. The summed E-state index contributed by atoms with van der Waals surface area (Å²) in [7, 11) is 0. The van der Waals surface area contributed by atoms with Crippen molar-refractivity contribution in [2.75, 3.05) is 0 Å². The summed E-state index contributed by atoms with van der Waals surface area (Å²) in [6.45, 7) is 28.4. The van der Waals surface area contributed by atoms with Crippen LogP contribution in [-0.2, 0) is 21.7 Å². The van der Waals surface area contributed by atoms with E-state index in [9.17, 15) is 0 Å². The van der Waals surface area contributed by atoms with E-state index < -0.39 is 0 Å². The van der Waals surface area contributed by atoms with Crippen molar-refractivity contribution in [3.05, 3.63) is 204 Å². The molecule has 0 bridgehead atoms. The number of benzene rings is 11. The molecule has 362 valence electrons. The van der Waals surface area contributed by atoms with Gasteiger partial charge in [-0.2, -0.15) is 0 Å². The van der Waals surface area contributed by atoms with Crippen LogP contribution < -0.4 is 0 Å². The minimum atomic E-state index is -0.0425. The molecular formula is C74H66. The Labute approximate surface area is 438 Å². The summed E-state index contributed by atoms with van der Waals surface area (Å²) in [6.07, 6.45) is 0. The molecule has 0 spiro atoms. The fraction of sp³-hybridized carbons (Fsp3) is 0.216. The standard InChI is InChI=1S/C74H66/c1-71(2,3)47-35-45(36-48(39-47)72(4,5)6)65-53-29-21-22-30-54(53)66(46-37-49(73(7,8)9)40-50(38-46)74(10,11)12)70-58-34-32-56-60-42-62-61(41-59(60)55-31-33-57(69(65)70)68(58)67(55)56)63(43-23-15-13-16-24-43)51-27-19-20-28-52(51)64(62)44-25-17-14-18-26-44/h13-42H,1-12H3. The van der Waals surface area contributed by atoms with Gasteiger partial charge in [-0.3, -0.25) is 0 Å². The van der Waals surface area contributed by atoms with E-state index in [4.69, 9.17) is 0 Å². The highest BCUT2D eigenvalue weighted by Gasteiger charge is 2.36. The lowest BCUT2D eigenvalue weighted by molar-refractivity contribution is 0.568. The Balaban J connectivity index is 1.18. The van der Waals surface area contributed by atoms with Crippen molar-refractivity contribution in [1.82, 2.24) is 0 Å². The Bertz CT molecular complexity index is 3840. The molecule has 2 aliphatic carbocycles. The summed E-state index contributed by atoms with van der Waals surface area (Å²) in [5, 5.41) is 10.5. The lowest BCUT2D eigenvalue weighted by Crippen LogP contribution is -2.17. The van der Waals surface area contributed by atoms with E-state index in [1.807, 2.05) is 0 Å². The molecule has 0 atom stereocenters. The van der Waals surface area contributed by atoms with Gasteiger partial charge in [0.25, 0.3) is 0 Å². The maximum Gasteiger partial charge on any atom is -0.000740 e. The van der Waals surface area contributed by atoms with Gasteiger partial charge in [0, 0.05) is 0 Å². The van der Waals surface area contributed by atoms with Gasteiger partial charge in [-0.05, 0) is 188 Å². The van der Waals surface area contributed by atoms with E-state index in [1.165, 1.54) is 154 Å². The van der Waals surface area contributed by atoms with Gasteiger partial charge in [0.15, 0.2) is 0 Å². The van der Waals surface area contributed by atoms with E-state index >= 15 is 0 Å². The average molecular weight is 955 g/mol. The Morgan fingerprint density at radius 2 is 0.486 bits per heavy atom. The van der Waals surface area contributed by atoms with Gasteiger partial charge >= 0.3 is 0 Å². The predicted molar refractivity (Wildman–Crippen MR) is 322 cm³/mol. The fourth-order valence-electron chi connectivity index (χ4n) is 12.7. The van der Waals surface area contributed by atoms with Crippen LogP contribution in [0.1, 0.15) is 105 Å². The zero-order valence-corrected chi connectivity index (χ0v) is 45.3. The van der Waals surface area contributed by atoms with Crippen LogP contribution in [0.25, 0.3) is 132 Å². The van der Waals surface area contributed by atoms with Gasteiger partial charge in [0.05, 0.1) is 0 Å². The third-order valence-corrected chi connectivity index (χ3v) is 16.7. The van der Waals surface area contributed by atoms with E-state index in [0.29, 0.717) is 0 Å². The molecule has 0 heteroatoms. The average Bonchev–Trinajstić information content (AvgIpc) is 3.92. The maximum absolute atomic E-state index is 2.55. The van der Waals surface area contributed by atoms with Crippen molar-refractivity contribution in [3.8, 4) is 89.0 Å². The summed E-state index contributed by atoms with van der Waals surface area (Å²) in [5.74, 6) is 0. The van der Waals surface area contributed by atoms with Crippen LogP contribution in [0.5, 0.6) is 0 Å². The predicted octanol–water partition coefficient (Wildman–Crippen LogP) is 21.5. The van der Waals surface area contributed by atoms with E-state index in [2.05, 4.69) is 265 Å². The second kappa shape index (κ2) is 16.0. The third-order valence-electron chi connectivity index (χ3n) is 16.7. The number of hydrogen-bond donors (Lipinski definition) is 0. The lowest BCUT2D eigenvalue weighted by atomic mass is 9.75. The Morgan fingerprint density at radius 1 is 0.203 bits per heavy atom. The van der Waals surface area contributed by atoms with Gasteiger partial charge < -0.3 is 0 Å². The minimum absolute atomic E-state index is 0.0425. The largest absolute Gasteiger partial charge is 0.0622 e. The molecule has 13 rings (SSSR count). The van der Waals surface area contributed by atoms with Crippen molar-refractivity contribution in [2.45, 2.75) is 105 Å². The third kappa shape index (κ3) is 7.01. The normalized spacial score (nSPS) is 13.1. The van der Waals surface area contributed by atoms with Crippen LogP contribution in [0.2, 0.25) is 0 Å². The second-order valence-corrected chi connectivity index (χ2v) is 25.7. The molecule has 0 nitrogen and oxygen atoms in total. The molecule has 0 aromatic heterocycles. The maximum atomic E-state index is 2.55. The summed E-state index contributed by atoms with van der Waals surface area (Å²) >= 11 is 0. The number of hydrogen-bond acceptors (Lipinski definition) is 0. The van der Waals surface area contributed by atoms with Gasteiger partial charge in [0.2, 0.25) is 0 Å². The zero-order valence-electron chi connectivity index (χ0n) is 45.3. The molecule has 11 aromatic carbocycles. The van der Waals surface area contributed by atoms with Gasteiger partial charge in [0.1, 0.15) is 0 Å². The van der Waals surface area contributed by atoms with Gasteiger partial charge in [-0.25, -0.2) is 0 Å². The summed E-state index contributed by atoms with van der Waals surface area (Å²) in [6, 6.07) is 70.6. The molecule has 0 N–H and O–H groups in total. The Hall–Kier alpha value is -7.54. The van der Waals surface area contributed by atoms with Crippen molar-refractivity contribution in [2.24, 2.45) is 0 Å². The fourth-order valence-corrected chi connectivity index (χ4v) is 12.7. The second-order valence-electron chi connectivity index (χ2n) is 25.7. The molecule has 0 heterocycles. The first-order valence-corrected chi connectivity index (χ1v) is 26.9. The molecule has 0 radical (unpaired) electrons. The first-order chi connectivity index (χ1) is 35.3. The smallest absolute Gasteiger partial charge is 0.000740 e. The highest BCUT2D eigenvalue weighted by atomic mass is 14.4. The zero-order chi connectivity index (χ0) is 51.4. The van der Waals surface area contributed by atoms with Crippen LogP contribution >= 0.6 is 0 Å². The number of rotatable bonds is 4. The minimum Gasteiger partial charge on any atom is -0.0622 e. The van der Waals surface area contributed by atoms with Gasteiger partial charge in [-0.15, -0.1) is 0 Å². The first-order valence-electron chi connectivity index (χ1n) is 26.9. The highest BCUT2D eigenvalue weighted by Crippen LogP contribution is 2.63. The SMILES string of the molecule is CC(C)(C)c1cc(-c2c3c(c(-c4cc(C(C)(C)C)cc(C(C)(C)C)c4)c4ccccc24)-c2ccc4c5c(ccc-3c25)-c2cc3c(-c5ccccc5)c5ccccc5c(-c5ccccc5)c3cc2-4)cc(C(C)(C)C)c1. The van der Waals surface area contributed by atoms with Gasteiger partial charge in [-0.1, -0.05) is 253 Å². The van der Waals surface area contributed by atoms with Crippen molar-refractivity contribution >= 4 is 43.1 Å². The molecule has 0 unspecified atom stereocenters. The summed E-state index contributed by atoms with van der Waals surface area (Å²) in [4.78, 5) is 0. The molecule has 0 fully saturated rings. The molecule has 74 heavy (non-hydrogen) atoms. The van der Waals surface area contributed by atoms with Crippen LogP contribution in [0.4, 0.5) is 0 Å². The molecule has 0 saturated heterocycles. The molecule has 0 amide bonds. The Kier molecular flexibility index (Phi) is 9.99. The Morgan fingerprint density at radius 3 is 0.811 bits per heavy atom. The van der Waals surface area contributed by atoms with Crippen molar-refractivity contribution < 1.29 is 0 Å². The van der Waals surface area contributed by atoms with Crippen molar-refractivity contribution in [3.63, 3.8) is 0 Å². The first kappa shape index (κ1) is 46.3. The lowest BCUT2D eigenvalue weighted by Gasteiger charge is -2.29. The summed E-state index contributed by atoms with van der Waals surface area (Å²) in [5.41, 5.74) is 26.2. The van der Waals surface area contributed by atoms with Crippen LogP contribution in [-0.4, -0.2) is 0 Å². The quantitative estimate of drug-likeness (QED) is 0.154. The molecule has 0 aliphatic heterocycles. The van der Waals surface area contributed by atoms with E-state index in [0.717, 1.165) is 0 Å². The van der Waals surface area contributed by atoms with Crippen LogP contribution in [0.3, 0.4) is 0 Å². The molecule has 0 saturated carbocycles. The topological polar surface area (TPSA) is 0 Å². The summed E-state index contributed by atoms with van der Waals surface area (Å²) < 4.78 is 0. The van der Waals surface area contributed by atoms with Crippen LogP contribution in [0, 0.1) is 0 Å². The van der Waals surface area contributed by atoms with E-state index in [-0.39, 0.29) is 21.7 Å². The van der Waals surface area contributed by atoms with Crippen molar-refractivity contribution in [1.29, 1.82) is 0 Å². The highest BCUT2D eigenvalue weighted by molar-refractivity contribution is 6.33. The molecular weight excluding hydrogens is 889 g/mol.